The number of phenols is 2. The lowest BCUT2D eigenvalue weighted by atomic mass is 9.73. The van der Waals surface area contributed by atoms with Gasteiger partial charge in [-0.1, -0.05) is 0 Å². The van der Waals surface area contributed by atoms with Gasteiger partial charge in [0.25, 0.3) is 0 Å². The van der Waals surface area contributed by atoms with Gasteiger partial charge in [0.1, 0.15) is 18.2 Å². The smallest absolute Gasteiger partial charge is 0.167 e. The number of ether oxygens (including phenoxy) is 3. The second-order valence-corrected chi connectivity index (χ2v) is 9.00. The van der Waals surface area contributed by atoms with Gasteiger partial charge in [0.2, 0.25) is 0 Å². The summed E-state index contributed by atoms with van der Waals surface area (Å²) < 4.78 is 17.9. The zero-order valence-electron chi connectivity index (χ0n) is 16.0. The minimum atomic E-state index is -0.0624. The number of phenolic OH excluding ortho intramolecular Hbond substituents is 2. The minimum Gasteiger partial charge on any atom is -0.507 e. The first-order chi connectivity index (χ1) is 13.6. The van der Waals surface area contributed by atoms with Crippen molar-refractivity contribution >= 4 is 0 Å². The fraction of sp³-hybridized carbons (Fsp3) is 0.700. The summed E-state index contributed by atoms with van der Waals surface area (Å²) in [6, 6.07) is 0.696. The maximum absolute atomic E-state index is 11.3. The van der Waals surface area contributed by atoms with E-state index in [2.05, 4.69) is 15.1 Å². The van der Waals surface area contributed by atoms with Crippen LogP contribution in [0, 0.1) is 12.8 Å². The van der Waals surface area contributed by atoms with Gasteiger partial charge in [-0.3, -0.25) is 9.80 Å². The van der Waals surface area contributed by atoms with Crippen molar-refractivity contribution in [3.63, 3.8) is 0 Å². The number of benzene rings is 1. The van der Waals surface area contributed by atoms with Gasteiger partial charge in [-0.15, -0.1) is 0 Å². The first kappa shape index (κ1) is 16.2. The van der Waals surface area contributed by atoms with Crippen LogP contribution in [0.3, 0.4) is 0 Å². The normalized spacial score (nSPS) is 45.2. The molecule has 0 unspecified atom stereocenters. The molecule has 3 N–H and O–H groups in total. The lowest BCUT2D eigenvalue weighted by Gasteiger charge is -2.57. The third-order valence-corrected chi connectivity index (χ3v) is 8.09. The zero-order chi connectivity index (χ0) is 18.9. The van der Waals surface area contributed by atoms with Crippen LogP contribution in [0.2, 0.25) is 0 Å². The van der Waals surface area contributed by atoms with E-state index in [1.807, 2.05) is 6.92 Å². The van der Waals surface area contributed by atoms with E-state index in [-0.39, 0.29) is 48.1 Å². The number of rotatable bonds is 1. The summed E-state index contributed by atoms with van der Waals surface area (Å²) >= 11 is 0. The second-order valence-electron chi connectivity index (χ2n) is 9.00. The van der Waals surface area contributed by atoms with Gasteiger partial charge in [-0.05, 0) is 13.3 Å². The predicted octanol–water partition coefficient (Wildman–Crippen LogP) is 0.570. The molecule has 8 nitrogen and oxygen atoms in total. The molecule has 1 aromatic rings. The van der Waals surface area contributed by atoms with E-state index in [0.717, 1.165) is 24.1 Å². The molecule has 6 heterocycles. The van der Waals surface area contributed by atoms with E-state index in [1.54, 1.807) is 0 Å². The number of hydrogen-bond acceptors (Lipinski definition) is 8. The van der Waals surface area contributed by atoms with Crippen molar-refractivity contribution in [1.82, 2.24) is 15.1 Å². The summed E-state index contributed by atoms with van der Waals surface area (Å²) in [5.41, 5.74) is 2.20. The molecule has 150 valence electrons. The molecule has 2 bridgehead atoms. The molecule has 5 fully saturated rings. The molecule has 1 aromatic carbocycles. The highest BCUT2D eigenvalue weighted by atomic mass is 16.5. The summed E-state index contributed by atoms with van der Waals surface area (Å²) in [5.74, 6) is 1.17. The molecule has 28 heavy (non-hydrogen) atoms. The van der Waals surface area contributed by atoms with Crippen molar-refractivity contribution in [2.75, 3.05) is 26.9 Å². The molecule has 7 rings (SSSR count). The Labute approximate surface area is 163 Å². The Balaban J connectivity index is 1.54. The molecular weight excluding hydrogens is 362 g/mol. The van der Waals surface area contributed by atoms with Crippen LogP contribution in [0.4, 0.5) is 0 Å². The number of aromatic hydroxyl groups is 2. The summed E-state index contributed by atoms with van der Waals surface area (Å²) in [6.45, 7) is 3.88. The van der Waals surface area contributed by atoms with Gasteiger partial charge in [0.15, 0.2) is 11.5 Å². The van der Waals surface area contributed by atoms with Crippen molar-refractivity contribution in [1.29, 1.82) is 0 Å². The third kappa shape index (κ3) is 1.60. The van der Waals surface area contributed by atoms with Gasteiger partial charge in [-0.2, -0.15) is 0 Å². The molecule has 0 amide bonds. The lowest BCUT2D eigenvalue weighted by Crippen LogP contribution is -2.71. The van der Waals surface area contributed by atoms with E-state index in [4.69, 9.17) is 14.2 Å². The summed E-state index contributed by atoms with van der Waals surface area (Å²) in [6.07, 6.45) is 1.09. The maximum Gasteiger partial charge on any atom is 0.167 e. The van der Waals surface area contributed by atoms with E-state index in [1.165, 1.54) is 7.11 Å². The Bertz CT molecular complexity index is 893. The van der Waals surface area contributed by atoms with E-state index >= 15 is 0 Å². The summed E-state index contributed by atoms with van der Waals surface area (Å²) in [5, 5.41) is 26.3. The van der Waals surface area contributed by atoms with Gasteiger partial charge < -0.3 is 29.7 Å². The van der Waals surface area contributed by atoms with Crippen LogP contribution in [-0.4, -0.2) is 77.5 Å². The van der Waals surface area contributed by atoms with Gasteiger partial charge in [0, 0.05) is 47.3 Å². The van der Waals surface area contributed by atoms with Crippen LogP contribution in [0.25, 0.3) is 0 Å². The van der Waals surface area contributed by atoms with Crippen molar-refractivity contribution in [2.24, 2.45) is 5.92 Å². The Morgan fingerprint density at radius 1 is 1.14 bits per heavy atom. The van der Waals surface area contributed by atoms with Crippen molar-refractivity contribution in [3.05, 3.63) is 16.7 Å². The van der Waals surface area contributed by atoms with Crippen molar-refractivity contribution < 1.29 is 24.4 Å². The number of fused-ring (bicyclic) bond motifs is 8. The molecule has 8 heteroatoms. The highest BCUT2D eigenvalue weighted by Crippen LogP contribution is 2.62. The average Bonchev–Trinajstić information content (AvgIpc) is 3.40. The molecule has 6 aliphatic rings. The molecule has 6 aliphatic heterocycles. The standard InChI is InChI=1S/C20H25N3O5/c1-7-16(24)12-11(17(25)18(7)26-2)10-6-28-20-9-5-8-13(21-9)15(23(10)20)14(12)22-3-4-27-19(8)22/h8-10,13-15,19-21,24-25H,3-6H2,1-2H3/t8-,9+,10+,13-,14-,15-,19-,20-/m1/s1. The van der Waals surface area contributed by atoms with Crippen LogP contribution in [0.5, 0.6) is 17.2 Å². The molecule has 0 aromatic heterocycles. The van der Waals surface area contributed by atoms with E-state index in [0.29, 0.717) is 36.5 Å². The summed E-state index contributed by atoms with van der Waals surface area (Å²) in [4.78, 5) is 4.89. The number of nitrogens with zero attached hydrogens (tertiary/aromatic N) is 2. The highest BCUT2D eigenvalue weighted by molar-refractivity contribution is 5.65. The quantitative estimate of drug-likeness (QED) is 0.603. The third-order valence-electron chi connectivity index (χ3n) is 8.09. The minimum absolute atomic E-state index is 0.000711. The Kier molecular flexibility index (Phi) is 2.97. The molecule has 0 saturated carbocycles. The summed E-state index contributed by atoms with van der Waals surface area (Å²) in [7, 11) is 1.54. The van der Waals surface area contributed by atoms with Crippen molar-refractivity contribution in [2.45, 2.75) is 56.0 Å². The molecule has 5 saturated heterocycles. The highest BCUT2D eigenvalue weighted by Gasteiger charge is 2.67. The van der Waals surface area contributed by atoms with Crippen LogP contribution in [0.1, 0.15) is 35.2 Å². The molecular formula is C20H25N3O5. The largest absolute Gasteiger partial charge is 0.507 e. The number of hydrogen-bond donors (Lipinski definition) is 3. The van der Waals surface area contributed by atoms with Crippen LogP contribution in [-0.2, 0) is 9.47 Å². The van der Waals surface area contributed by atoms with Gasteiger partial charge >= 0.3 is 0 Å². The van der Waals surface area contributed by atoms with Crippen LogP contribution < -0.4 is 10.1 Å². The van der Waals surface area contributed by atoms with Gasteiger partial charge in [0.05, 0.1) is 32.4 Å². The fourth-order valence-corrected chi connectivity index (χ4v) is 7.19. The molecule has 0 aliphatic carbocycles. The zero-order valence-corrected chi connectivity index (χ0v) is 16.0. The maximum atomic E-state index is 11.3. The van der Waals surface area contributed by atoms with Crippen molar-refractivity contribution in [3.8, 4) is 17.2 Å². The predicted molar refractivity (Wildman–Crippen MR) is 97.2 cm³/mol. The monoisotopic (exact) mass is 387 g/mol. The Hall–Kier alpha value is -1.58. The fourth-order valence-electron chi connectivity index (χ4n) is 7.19. The molecule has 8 atom stereocenters. The van der Waals surface area contributed by atoms with Gasteiger partial charge in [-0.25, -0.2) is 0 Å². The topological polar surface area (TPSA) is 86.7 Å². The second kappa shape index (κ2) is 5.12. The molecule has 0 radical (unpaired) electrons. The van der Waals surface area contributed by atoms with E-state index < -0.39 is 0 Å². The van der Waals surface area contributed by atoms with Crippen LogP contribution >= 0.6 is 0 Å². The first-order valence-electron chi connectivity index (χ1n) is 10.3. The first-order valence-corrected chi connectivity index (χ1v) is 10.3. The van der Waals surface area contributed by atoms with Crippen LogP contribution in [0.15, 0.2) is 0 Å². The lowest BCUT2D eigenvalue weighted by molar-refractivity contribution is -0.132. The molecule has 0 spiro atoms. The number of nitrogens with one attached hydrogen (secondary N) is 1. The SMILES string of the molecule is COc1c(C)c(O)c2c(c1O)[C@@H]1CO[C@@H]3[C@@H]4C[C@@H]5[C@@H](N4)[C@H]([C@@H]2N2CCO[C@H]52)N31. The Morgan fingerprint density at radius 3 is 2.82 bits per heavy atom. The average molecular weight is 387 g/mol. The number of piperidine rings is 1. The Morgan fingerprint density at radius 2 is 2.00 bits per heavy atom. The number of methoxy groups -OCH3 is 1. The number of piperazine rings is 1. The van der Waals surface area contributed by atoms with E-state index in [9.17, 15) is 10.2 Å².